The Labute approximate surface area is 199 Å². The molecule has 34 heavy (non-hydrogen) atoms. The Morgan fingerprint density at radius 3 is 2.47 bits per heavy atom. The third-order valence-electron chi connectivity index (χ3n) is 5.79. The fourth-order valence-corrected chi connectivity index (χ4v) is 3.81. The van der Waals surface area contributed by atoms with Gasteiger partial charge in [0.15, 0.2) is 11.5 Å². The monoisotopic (exact) mass is 461 g/mol. The van der Waals surface area contributed by atoms with Crippen LogP contribution in [-0.2, 0) is 13.0 Å². The van der Waals surface area contributed by atoms with Crippen LogP contribution in [0, 0.1) is 0 Å². The van der Waals surface area contributed by atoms with Crippen molar-refractivity contribution in [2.45, 2.75) is 19.9 Å². The Kier molecular flexibility index (Phi) is 7.24. The van der Waals surface area contributed by atoms with Crippen LogP contribution in [0.2, 0.25) is 0 Å². The largest absolute Gasteiger partial charge is 0.437 e. The molecule has 2 aromatic carbocycles. The van der Waals surface area contributed by atoms with Gasteiger partial charge in [-0.25, -0.2) is 4.98 Å². The molecule has 0 aliphatic carbocycles. The van der Waals surface area contributed by atoms with E-state index in [4.69, 9.17) is 16.2 Å². The maximum atomic E-state index is 12.1. The highest BCUT2D eigenvalue weighted by molar-refractivity contribution is 5.96. The highest BCUT2D eigenvalue weighted by atomic mass is 16.5. The molecular formula is C25H31N7O2. The van der Waals surface area contributed by atoms with Gasteiger partial charge in [-0.1, -0.05) is 25.1 Å². The number of carbonyl (C=O) groups excluding carboxylic acids is 1. The van der Waals surface area contributed by atoms with Crippen molar-refractivity contribution in [3.8, 4) is 11.6 Å². The van der Waals surface area contributed by atoms with E-state index >= 15 is 0 Å². The molecule has 0 radical (unpaired) electrons. The van der Waals surface area contributed by atoms with E-state index < -0.39 is 5.91 Å². The van der Waals surface area contributed by atoms with Gasteiger partial charge in [0.25, 0.3) is 5.91 Å². The van der Waals surface area contributed by atoms with E-state index in [9.17, 15) is 4.79 Å². The van der Waals surface area contributed by atoms with Gasteiger partial charge < -0.3 is 26.4 Å². The SMILES string of the molecule is CCc1nc(C(N)=O)c(Nc2ccc(CN3CCN(C)CC3)cc2)nc1Oc1cccc(N)c1. The van der Waals surface area contributed by atoms with Gasteiger partial charge in [0.05, 0.1) is 0 Å². The number of ether oxygens (including phenoxy) is 1. The number of aryl methyl sites for hydroxylation is 1. The highest BCUT2D eigenvalue weighted by Crippen LogP contribution is 2.28. The van der Waals surface area contributed by atoms with Crippen LogP contribution >= 0.6 is 0 Å². The molecule has 0 saturated carbocycles. The zero-order valence-electron chi connectivity index (χ0n) is 19.6. The van der Waals surface area contributed by atoms with Crippen LogP contribution in [0.3, 0.4) is 0 Å². The predicted octanol–water partition coefficient (Wildman–Crippen LogP) is 3.00. The number of hydrogen-bond acceptors (Lipinski definition) is 8. The van der Waals surface area contributed by atoms with Gasteiger partial charge >= 0.3 is 0 Å². The third kappa shape index (κ3) is 5.81. The molecule has 0 atom stereocenters. The molecule has 1 saturated heterocycles. The zero-order valence-corrected chi connectivity index (χ0v) is 19.6. The number of primary amides is 1. The van der Waals surface area contributed by atoms with Crippen molar-refractivity contribution in [1.29, 1.82) is 0 Å². The molecule has 0 unspecified atom stereocenters. The molecule has 9 heteroatoms. The molecule has 9 nitrogen and oxygen atoms in total. The third-order valence-corrected chi connectivity index (χ3v) is 5.79. The second kappa shape index (κ2) is 10.5. The van der Waals surface area contributed by atoms with Gasteiger partial charge in [-0.2, -0.15) is 4.98 Å². The first kappa shape index (κ1) is 23.5. The number of aromatic nitrogens is 2. The molecule has 4 rings (SSSR count). The fourth-order valence-electron chi connectivity index (χ4n) is 3.81. The molecule has 1 aromatic heterocycles. The van der Waals surface area contributed by atoms with Crippen molar-refractivity contribution in [2.75, 3.05) is 44.3 Å². The summed E-state index contributed by atoms with van der Waals surface area (Å²) in [4.78, 5) is 25.9. The van der Waals surface area contributed by atoms with Gasteiger partial charge in [-0.15, -0.1) is 0 Å². The Morgan fingerprint density at radius 1 is 1.09 bits per heavy atom. The first-order valence-electron chi connectivity index (χ1n) is 11.4. The number of nitrogen functional groups attached to an aromatic ring is 1. The van der Waals surface area contributed by atoms with Crippen LogP contribution in [0.4, 0.5) is 17.2 Å². The average Bonchev–Trinajstić information content (AvgIpc) is 2.82. The summed E-state index contributed by atoms with van der Waals surface area (Å²) in [7, 11) is 2.15. The number of hydrogen-bond donors (Lipinski definition) is 3. The summed E-state index contributed by atoms with van der Waals surface area (Å²) in [5.41, 5.74) is 14.6. The van der Waals surface area contributed by atoms with Gasteiger partial charge in [-0.05, 0) is 43.3 Å². The van der Waals surface area contributed by atoms with Gasteiger partial charge in [0, 0.05) is 50.2 Å². The summed E-state index contributed by atoms with van der Waals surface area (Å²) >= 11 is 0. The van der Waals surface area contributed by atoms with Gasteiger partial charge in [0.1, 0.15) is 11.4 Å². The van der Waals surface area contributed by atoms with Crippen LogP contribution in [0.25, 0.3) is 0 Å². The number of nitrogens with zero attached hydrogens (tertiary/aromatic N) is 4. The maximum Gasteiger partial charge on any atom is 0.271 e. The number of nitrogens with one attached hydrogen (secondary N) is 1. The summed E-state index contributed by atoms with van der Waals surface area (Å²) in [6.45, 7) is 7.11. The van der Waals surface area contributed by atoms with Crippen LogP contribution in [0.15, 0.2) is 48.5 Å². The zero-order chi connectivity index (χ0) is 24.1. The Morgan fingerprint density at radius 2 is 1.82 bits per heavy atom. The van der Waals surface area contributed by atoms with Crippen LogP contribution in [0.5, 0.6) is 11.6 Å². The van der Waals surface area contributed by atoms with E-state index in [1.165, 1.54) is 5.56 Å². The van der Waals surface area contributed by atoms with Crippen molar-refractivity contribution in [1.82, 2.24) is 19.8 Å². The Hall–Kier alpha value is -3.69. The number of benzene rings is 2. The quantitative estimate of drug-likeness (QED) is 0.438. The lowest BCUT2D eigenvalue weighted by molar-refractivity contribution is 0.0996. The van der Waals surface area contributed by atoms with Crippen molar-refractivity contribution >= 4 is 23.1 Å². The normalized spacial score (nSPS) is 14.6. The van der Waals surface area contributed by atoms with Crippen LogP contribution < -0.4 is 21.5 Å². The summed E-state index contributed by atoms with van der Waals surface area (Å²) < 4.78 is 5.95. The van der Waals surface area contributed by atoms with Gasteiger partial charge in [0.2, 0.25) is 5.88 Å². The van der Waals surface area contributed by atoms with Gasteiger partial charge in [-0.3, -0.25) is 9.69 Å². The lowest BCUT2D eigenvalue weighted by atomic mass is 10.1. The molecule has 1 aliphatic rings. The fraction of sp³-hybridized carbons (Fsp3) is 0.320. The Balaban J connectivity index is 1.54. The average molecular weight is 462 g/mol. The number of carbonyl (C=O) groups is 1. The van der Waals surface area contributed by atoms with Crippen molar-refractivity contribution in [3.63, 3.8) is 0 Å². The lowest BCUT2D eigenvalue weighted by Gasteiger charge is -2.32. The Bertz CT molecular complexity index is 1140. The van der Waals surface area contributed by atoms with E-state index in [0.29, 0.717) is 29.4 Å². The molecule has 1 fully saturated rings. The molecule has 0 bridgehead atoms. The lowest BCUT2D eigenvalue weighted by Crippen LogP contribution is -2.43. The predicted molar refractivity (Wildman–Crippen MR) is 133 cm³/mol. The second-order valence-corrected chi connectivity index (χ2v) is 8.47. The van der Waals surface area contributed by atoms with Crippen molar-refractivity contribution in [2.24, 2.45) is 5.73 Å². The summed E-state index contributed by atoms with van der Waals surface area (Å²) in [5, 5.41) is 3.18. The standard InChI is InChI=1S/C25H31N7O2/c1-3-21-25(34-20-6-4-5-18(26)15-20)30-24(22(29-21)23(27)33)28-19-9-7-17(8-10-19)16-32-13-11-31(2)12-14-32/h4-10,15H,3,11-14,16,26H2,1-2H3,(H2,27,33)(H,28,30). The van der Waals surface area contributed by atoms with E-state index in [1.807, 2.05) is 19.1 Å². The topological polar surface area (TPSA) is 123 Å². The molecule has 3 aromatic rings. The minimum Gasteiger partial charge on any atom is -0.437 e. The van der Waals surface area contributed by atoms with E-state index in [-0.39, 0.29) is 11.5 Å². The minimum atomic E-state index is -0.660. The number of piperazine rings is 1. The van der Waals surface area contributed by atoms with Crippen molar-refractivity contribution in [3.05, 3.63) is 65.5 Å². The molecule has 0 spiro atoms. The minimum absolute atomic E-state index is 0.0679. The molecule has 5 N–H and O–H groups in total. The maximum absolute atomic E-state index is 12.1. The highest BCUT2D eigenvalue weighted by Gasteiger charge is 2.19. The first-order chi connectivity index (χ1) is 16.4. The second-order valence-electron chi connectivity index (χ2n) is 8.47. The molecule has 1 aliphatic heterocycles. The first-order valence-corrected chi connectivity index (χ1v) is 11.4. The number of likely N-dealkylation sites (N-methyl/N-ethyl adjacent to an activating group) is 1. The van der Waals surface area contributed by atoms with E-state index in [2.05, 4.69) is 44.3 Å². The van der Waals surface area contributed by atoms with E-state index in [0.717, 1.165) is 38.4 Å². The van der Waals surface area contributed by atoms with Crippen LogP contribution in [0.1, 0.15) is 28.7 Å². The summed E-state index contributed by atoms with van der Waals surface area (Å²) in [6, 6.07) is 15.1. The smallest absolute Gasteiger partial charge is 0.271 e. The molecule has 1 amide bonds. The number of anilines is 3. The van der Waals surface area contributed by atoms with Crippen LogP contribution in [-0.4, -0.2) is 58.9 Å². The summed E-state index contributed by atoms with van der Waals surface area (Å²) in [6.07, 6.45) is 0.520. The van der Waals surface area contributed by atoms with E-state index in [1.54, 1.807) is 24.3 Å². The number of rotatable bonds is 8. The number of nitrogens with two attached hydrogens (primary N) is 2. The molecule has 178 valence electrons. The molecular weight excluding hydrogens is 430 g/mol. The van der Waals surface area contributed by atoms with Crippen molar-refractivity contribution < 1.29 is 9.53 Å². The summed E-state index contributed by atoms with van der Waals surface area (Å²) in [5.74, 6) is 0.421. The molecule has 2 heterocycles. The number of amides is 1.